The van der Waals surface area contributed by atoms with Gasteiger partial charge in [-0.05, 0) is 30.2 Å². The van der Waals surface area contributed by atoms with E-state index in [9.17, 15) is 4.79 Å². The average molecular weight is 552 g/mol. The number of unbranched alkanes of at least 4 members (excludes halogenated alkanes) is 2. The largest absolute Gasteiger partial charge is 0.479 e. The predicted octanol–water partition coefficient (Wildman–Crippen LogP) is 1.79. The van der Waals surface area contributed by atoms with Crippen molar-refractivity contribution in [2.45, 2.75) is 90.3 Å². The van der Waals surface area contributed by atoms with E-state index in [4.69, 9.17) is 30.6 Å². The van der Waals surface area contributed by atoms with E-state index < -0.39 is 37.0 Å². The zero-order valence-corrected chi connectivity index (χ0v) is 23.1. The number of aliphatic hydroxyl groups is 5. The minimum Gasteiger partial charge on any atom is -0.479 e. The maximum absolute atomic E-state index is 10.1. The molecule has 1 aromatic heterocycles. The van der Waals surface area contributed by atoms with E-state index >= 15 is 0 Å². The van der Waals surface area contributed by atoms with Crippen LogP contribution in [0, 0.1) is 5.41 Å². The summed E-state index contributed by atoms with van der Waals surface area (Å²) in [5, 5.41) is 58.4. The number of rotatable bonds is 17. The first-order valence-electron chi connectivity index (χ1n) is 13.3. The van der Waals surface area contributed by atoms with Gasteiger partial charge in [0.15, 0.2) is 6.10 Å². The highest BCUT2D eigenvalue weighted by molar-refractivity contribution is 5.72. The maximum atomic E-state index is 10.1. The van der Waals surface area contributed by atoms with E-state index in [1.54, 1.807) is 6.33 Å². The third-order valence-corrected chi connectivity index (χ3v) is 6.14. The number of aliphatic hydroxyl groups excluding tert-OH is 5. The van der Waals surface area contributed by atoms with Gasteiger partial charge in [0.05, 0.1) is 6.61 Å². The molecule has 0 saturated heterocycles. The van der Waals surface area contributed by atoms with Crippen molar-refractivity contribution in [2.24, 2.45) is 5.41 Å². The van der Waals surface area contributed by atoms with Gasteiger partial charge >= 0.3 is 5.97 Å². The Bertz CT molecular complexity index is 936. The number of aromatic nitrogens is 3. The van der Waals surface area contributed by atoms with Crippen molar-refractivity contribution in [3.8, 4) is 0 Å². The number of carboxylic acid groups (broad SMARTS) is 1. The molecule has 1 heterocycles. The Hall–Kier alpha value is -2.90. The smallest absolute Gasteiger partial charge is 0.335 e. The van der Waals surface area contributed by atoms with Crippen LogP contribution in [0.15, 0.2) is 36.7 Å². The fourth-order valence-corrected chi connectivity index (χ4v) is 3.66. The number of benzene rings is 1. The molecule has 0 fully saturated rings. The third-order valence-electron chi connectivity index (χ3n) is 6.14. The molecular weight excluding hydrogens is 506 g/mol. The summed E-state index contributed by atoms with van der Waals surface area (Å²) in [5.41, 5.74) is 1.62. The molecule has 220 valence electrons. The van der Waals surface area contributed by atoms with Crippen LogP contribution >= 0.6 is 0 Å². The molecule has 8 N–H and O–H groups in total. The van der Waals surface area contributed by atoms with Crippen molar-refractivity contribution in [1.29, 1.82) is 0 Å². The SMILES string of the molecule is CCCCCC(C)(C)CCCNc1ncnc(NCc2ccccc2)n1.O=C(O)[C@H](O)[C@@H](O)[C@H](O)[C@H](O)CO. The number of anilines is 2. The van der Waals surface area contributed by atoms with E-state index in [0.29, 0.717) is 23.9 Å². The lowest BCUT2D eigenvalue weighted by atomic mass is 9.82. The number of carbonyl (C=O) groups is 1. The lowest BCUT2D eigenvalue weighted by molar-refractivity contribution is -0.164. The zero-order valence-electron chi connectivity index (χ0n) is 23.1. The highest BCUT2D eigenvalue weighted by Crippen LogP contribution is 2.29. The van der Waals surface area contributed by atoms with Gasteiger partial charge in [-0.2, -0.15) is 4.98 Å². The lowest BCUT2D eigenvalue weighted by Crippen LogP contribution is -2.48. The Balaban J connectivity index is 0.000000495. The van der Waals surface area contributed by atoms with E-state index in [0.717, 1.165) is 13.0 Å². The molecule has 0 spiro atoms. The topological polar surface area (TPSA) is 201 Å². The van der Waals surface area contributed by atoms with Gasteiger partial charge in [0.25, 0.3) is 0 Å². The van der Waals surface area contributed by atoms with Crippen LogP contribution in [0.3, 0.4) is 0 Å². The molecule has 12 nitrogen and oxygen atoms in total. The van der Waals surface area contributed by atoms with Crippen LogP contribution in [0.1, 0.15) is 64.9 Å². The van der Waals surface area contributed by atoms with Crippen molar-refractivity contribution in [1.82, 2.24) is 15.0 Å². The van der Waals surface area contributed by atoms with Crippen molar-refractivity contribution in [3.63, 3.8) is 0 Å². The quantitative estimate of drug-likeness (QED) is 0.133. The molecule has 4 atom stereocenters. The number of nitrogens with one attached hydrogen (secondary N) is 2. The molecule has 0 aliphatic rings. The van der Waals surface area contributed by atoms with Gasteiger partial charge in [0.2, 0.25) is 11.9 Å². The van der Waals surface area contributed by atoms with Crippen molar-refractivity contribution < 1.29 is 35.4 Å². The summed E-state index contributed by atoms with van der Waals surface area (Å²) >= 11 is 0. The van der Waals surface area contributed by atoms with Gasteiger partial charge in [-0.25, -0.2) is 14.8 Å². The summed E-state index contributed by atoms with van der Waals surface area (Å²) < 4.78 is 0. The van der Waals surface area contributed by atoms with E-state index in [-0.39, 0.29) is 0 Å². The maximum Gasteiger partial charge on any atom is 0.335 e. The molecule has 2 rings (SSSR count). The highest BCUT2D eigenvalue weighted by Gasteiger charge is 2.33. The fraction of sp³-hybridized carbons (Fsp3) is 0.630. The van der Waals surface area contributed by atoms with Crippen molar-refractivity contribution in [2.75, 3.05) is 23.8 Å². The van der Waals surface area contributed by atoms with Crippen LogP contribution in [0.25, 0.3) is 0 Å². The minimum atomic E-state index is -2.20. The summed E-state index contributed by atoms with van der Waals surface area (Å²) in [6.45, 7) is 7.75. The molecule has 0 amide bonds. The van der Waals surface area contributed by atoms with E-state index in [1.807, 2.05) is 18.2 Å². The second-order valence-electron chi connectivity index (χ2n) is 10.1. The fourth-order valence-electron chi connectivity index (χ4n) is 3.66. The second-order valence-corrected chi connectivity index (χ2v) is 10.1. The monoisotopic (exact) mass is 551 g/mol. The molecule has 0 radical (unpaired) electrons. The van der Waals surface area contributed by atoms with Crippen molar-refractivity contribution >= 4 is 17.9 Å². The number of hydrogen-bond acceptors (Lipinski definition) is 11. The van der Waals surface area contributed by atoms with Crippen LogP contribution in [0.4, 0.5) is 11.9 Å². The summed E-state index contributed by atoms with van der Waals surface area (Å²) in [6.07, 6.45) is 1.32. The first kappa shape index (κ1) is 34.1. The lowest BCUT2D eigenvalue weighted by Gasteiger charge is -2.24. The summed E-state index contributed by atoms with van der Waals surface area (Å²) in [6, 6.07) is 10.2. The molecule has 12 heteroatoms. The second kappa shape index (κ2) is 18.4. The number of carboxylic acids is 1. The van der Waals surface area contributed by atoms with Gasteiger partial charge in [-0.15, -0.1) is 0 Å². The Labute approximate surface area is 230 Å². The van der Waals surface area contributed by atoms with Gasteiger partial charge in [0, 0.05) is 13.1 Å². The first-order chi connectivity index (χ1) is 18.5. The zero-order chi connectivity index (χ0) is 29.3. The molecule has 0 unspecified atom stereocenters. The Kier molecular flexibility index (Phi) is 16.1. The molecule has 39 heavy (non-hydrogen) atoms. The van der Waals surface area contributed by atoms with Gasteiger partial charge in [-0.1, -0.05) is 70.4 Å². The van der Waals surface area contributed by atoms with Crippen LogP contribution in [-0.2, 0) is 11.3 Å². The Morgan fingerprint density at radius 1 is 0.923 bits per heavy atom. The normalized spacial score (nSPS) is 14.4. The number of hydrogen-bond donors (Lipinski definition) is 8. The molecule has 0 aliphatic carbocycles. The van der Waals surface area contributed by atoms with Gasteiger partial charge in [-0.3, -0.25) is 0 Å². The van der Waals surface area contributed by atoms with Crippen LogP contribution < -0.4 is 10.6 Å². The molecule has 0 saturated carbocycles. The molecule has 1 aromatic carbocycles. The van der Waals surface area contributed by atoms with Gasteiger partial charge in [0.1, 0.15) is 24.6 Å². The molecule has 0 bridgehead atoms. The van der Waals surface area contributed by atoms with Gasteiger partial charge < -0.3 is 41.3 Å². The summed E-state index contributed by atoms with van der Waals surface area (Å²) in [7, 11) is 0. The van der Waals surface area contributed by atoms with Crippen LogP contribution in [-0.4, -0.2) is 89.1 Å². The van der Waals surface area contributed by atoms with Crippen LogP contribution in [0.5, 0.6) is 0 Å². The first-order valence-corrected chi connectivity index (χ1v) is 13.3. The number of aliphatic carboxylic acids is 1. The standard InChI is InChI=1S/C21H33N5.C6H12O7/c1-4-5-9-13-21(2,3)14-10-15-22-19-24-17-25-20(26-19)23-16-18-11-7-6-8-12-18;7-1-2(8)3(9)4(10)5(11)6(12)13/h6-8,11-12,17H,4-5,9-10,13-16H2,1-3H3,(H2,22,23,24,25,26);2-5,7-11H,1H2,(H,12,13)/t;2-,3-,4+,5-/m.1/s1. The van der Waals surface area contributed by atoms with E-state index in [2.05, 4.69) is 58.5 Å². The molecule has 2 aromatic rings. The van der Waals surface area contributed by atoms with E-state index in [1.165, 1.54) is 37.7 Å². The molecular formula is C27H45N5O7. The Morgan fingerprint density at radius 3 is 2.13 bits per heavy atom. The minimum absolute atomic E-state index is 0.415. The van der Waals surface area contributed by atoms with Crippen LogP contribution in [0.2, 0.25) is 0 Å². The Morgan fingerprint density at radius 2 is 1.54 bits per heavy atom. The highest BCUT2D eigenvalue weighted by atomic mass is 16.4. The predicted molar refractivity (Wildman–Crippen MR) is 148 cm³/mol. The van der Waals surface area contributed by atoms with Crippen molar-refractivity contribution in [3.05, 3.63) is 42.2 Å². The molecule has 0 aliphatic heterocycles. The summed E-state index contributed by atoms with van der Waals surface area (Å²) in [4.78, 5) is 22.9. The summed E-state index contributed by atoms with van der Waals surface area (Å²) in [5.74, 6) is -0.484. The average Bonchev–Trinajstić information content (AvgIpc) is 2.93. The third kappa shape index (κ3) is 14.2. The number of nitrogens with zero attached hydrogens (tertiary/aromatic N) is 3.